The van der Waals surface area contributed by atoms with Crippen molar-refractivity contribution in [3.05, 3.63) is 122 Å². The Hall–Kier alpha value is -4.55. The predicted octanol–water partition coefficient (Wildman–Crippen LogP) is 9.44. The first-order valence-corrected chi connectivity index (χ1v) is 19.4. The van der Waals surface area contributed by atoms with E-state index < -0.39 is 90.7 Å². The standard InChI is InChI=1S/C38H31BrF8N2O6S/c1-2-55-29-15-22(37(51)52)10-11-28(29)49(16-19-12-23(20-6-7-20)14-24(13-19)21-8-9-21)30(50)18-48(17-25-26(38(45,46)47)4-3-5-27(25)40)56(53,54)36-31(39)32(41)33(42)34(43)35(36)44/h3-5,10-15,20-21H,2,6-9,16-18H2,1H3,(H,51,52). The molecule has 0 spiro atoms. The van der Waals surface area contributed by atoms with Crippen molar-refractivity contribution in [3.8, 4) is 5.75 Å². The van der Waals surface area contributed by atoms with Crippen LogP contribution in [0, 0.1) is 29.1 Å². The molecule has 2 saturated carbocycles. The highest BCUT2D eigenvalue weighted by molar-refractivity contribution is 9.10. The van der Waals surface area contributed by atoms with Gasteiger partial charge in [-0.25, -0.2) is 35.2 Å². The van der Waals surface area contributed by atoms with Crippen molar-refractivity contribution in [2.45, 2.75) is 68.6 Å². The van der Waals surface area contributed by atoms with Gasteiger partial charge in [0.2, 0.25) is 15.9 Å². The molecule has 18 heteroatoms. The molecule has 56 heavy (non-hydrogen) atoms. The smallest absolute Gasteiger partial charge is 0.416 e. The van der Waals surface area contributed by atoms with Crippen LogP contribution in [0.5, 0.6) is 5.75 Å². The monoisotopic (exact) mass is 874 g/mol. The average Bonchev–Trinajstić information content (AvgIpc) is 4.06. The molecule has 0 heterocycles. The lowest BCUT2D eigenvalue weighted by Gasteiger charge is -2.30. The highest BCUT2D eigenvalue weighted by Gasteiger charge is 2.41. The third kappa shape index (κ3) is 8.41. The molecule has 8 nitrogen and oxygen atoms in total. The van der Waals surface area contributed by atoms with Gasteiger partial charge in [-0.3, -0.25) is 4.79 Å². The Morgan fingerprint density at radius 2 is 1.46 bits per heavy atom. The summed E-state index contributed by atoms with van der Waals surface area (Å²) in [6.45, 7) is -1.98. The summed E-state index contributed by atoms with van der Waals surface area (Å²) in [6, 6.07) is 10.8. The van der Waals surface area contributed by atoms with E-state index in [1.807, 2.05) is 12.1 Å². The number of sulfonamides is 1. The normalized spacial score (nSPS) is 14.6. The van der Waals surface area contributed by atoms with E-state index in [-0.39, 0.29) is 46.3 Å². The van der Waals surface area contributed by atoms with Crippen molar-refractivity contribution in [1.82, 2.24) is 4.31 Å². The van der Waals surface area contributed by atoms with Gasteiger partial charge in [0.15, 0.2) is 23.3 Å². The summed E-state index contributed by atoms with van der Waals surface area (Å²) in [4.78, 5) is 25.5. The van der Waals surface area contributed by atoms with Gasteiger partial charge in [0.1, 0.15) is 16.5 Å². The molecule has 0 bridgehead atoms. The number of benzene rings is 4. The van der Waals surface area contributed by atoms with Gasteiger partial charge in [0.25, 0.3) is 0 Å². The highest BCUT2D eigenvalue weighted by atomic mass is 79.9. The number of alkyl halides is 3. The number of carbonyl (C=O) groups excluding carboxylic acids is 1. The number of rotatable bonds is 14. The van der Waals surface area contributed by atoms with Gasteiger partial charge in [-0.2, -0.15) is 17.5 Å². The van der Waals surface area contributed by atoms with E-state index in [9.17, 15) is 49.5 Å². The molecular formula is C38H31BrF8N2O6S. The second-order valence-electron chi connectivity index (χ2n) is 13.4. The van der Waals surface area contributed by atoms with Crippen LogP contribution in [0.3, 0.4) is 0 Å². The first-order chi connectivity index (χ1) is 26.3. The summed E-state index contributed by atoms with van der Waals surface area (Å²) >= 11 is 2.39. The van der Waals surface area contributed by atoms with Crippen LogP contribution >= 0.6 is 15.9 Å². The van der Waals surface area contributed by atoms with Crippen LogP contribution in [0.4, 0.5) is 40.8 Å². The molecule has 0 saturated heterocycles. The predicted molar refractivity (Wildman–Crippen MR) is 189 cm³/mol. The Labute approximate surface area is 323 Å². The number of carbonyl (C=O) groups is 2. The van der Waals surface area contributed by atoms with Gasteiger partial charge < -0.3 is 14.7 Å². The van der Waals surface area contributed by atoms with Crippen LogP contribution in [0.2, 0.25) is 0 Å². The summed E-state index contributed by atoms with van der Waals surface area (Å²) in [5.41, 5.74) is -0.884. The number of nitrogens with zero attached hydrogens (tertiary/aromatic N) is 2. The number of halogens is 9. The largest absolute Gasteiger partial charge is 0.492 e. The Bertz CT molecular complexity index is 2270. The molecule has 0 radical (unpaired) electrons. The zero-order valence-corrected chi connectivity index (χ0v) is 31.6. The average molecular weight is 876 g/mol. The number of anilines is 1. The molecular weight excluding hydrogens is 844 g/mol. The highest BCUT2D eigenvalue weighted by Crippen LogP contribution is 2.46. The second kappa shape index (κ2) is 15.8. The van der Waals surface area contributed by atoms with Crippen molar-refractivity contribution < 1.29 is 63.0 Å². The fourth-order valence-corrected chi connectivity index (χ4v) is 8.77. The maximum atomic E-state index is 15.3. The number of hydrogen-bond acceptors (Lipinski definition) is 5. The first-order valence-electron chi connectivity index (χ1n) is 17.1. The van der Waals surface area contributed by atoms with Gasteiger partial charge >= 0.3 is 12.1 Å². The van der Waals surface area contributed by atoms with Gasteiger partial charge in [-0.1, -0.05) is 24.3 Å². The lowest BCUT2D eigenvalue weighted by Crippen LogP contribution is -2.43. The summed E-state index contributed by atoms with van der Waals surface area (Å²) < 4.78 is 149. The fraction of sp³-hybridized carbons (Fsp3) is 0.316. The van der Waals surface area contributed by atoms with Gasteiger partial charge in [-0.05, 0) is 107 Å². The third-order valence-electron chi connectivity index (χ3n) is 9.41. The second-order valence-corrected chi connectivity index (χ2v) is 16.1. The number of hydrogen-bond donors (Lipinski definition) is 1. The Morgan fingerprint density at radius 1 is 0.857 bits per heavy atom. The molecule has 6 rings (SSSR count). The van der Waals surface area contributed by atoms with Crippen LogP contribution < -0.4 is 9.64 Å². The molecule has 2 aliphatic rings. The molecule has 1 amide bonds. The fourth-order valence-electron chi connectivity index (χ4n) is 6.34. The van der Waals surface area contributed by atoms with Gasteiger partial charge in [-0.15, -0.1) is 0 Å². The Kier molecular flexibility index (Phi) is 11.6. The van der Waals surface area contributed by atoms with Crippen molar-refractivity contribution in [2.75, 3.05) is 18.1 Å². The van der Waals surface area contributed by atoms with E-state index in [2.05, 4.69) is 22.0 Å². The Morgan fingerprint density at radius 3 is 2.02 bits per heavy atom. The molecule has 0 unspecified atom stereocenters. The molecule has 2 fully saturated rings. The van der Waals surface area contributed by atoms with Crippen molar-refractivity contribution in [2.24, 2.45) is 0 Å². The maximum absolute atomic E-state index is 15.3. The summed E-state index contributed by atoms with van der Waals surface area (Å²) in [5, 5.41) is 9.66. The van der Waals surface area contributed by atoms with E-state index in [4.69, 9.17) is 4.74 Å². The number of ether oxygens (including phenoxy) is 1. The van der Waals surface area contributed by atoms with Gasteiger partial charge in [0, 0.05) is 12.1 Å². The maximum Gasteiger partial charge on any atom is 0.416 e. The van der Waals surface area contributed by atoms with Crippen LogP contribution in [-0.4, -0.2) is 42.9 Å². The molecule has 0 aliphatic heterocycles. The minimum Gasteiger partial charge on any atom is -0.492 e. The lowest BCUT2D eigenvalue weighted by molar-refractivity contribution is -0.138. The van der Waals surface area contributed by atoms with Crippen LogP contribution in [0.15, 0.2) is 64.0 Å². The van der Waals surface area contributed by atoms with Crippen molar-refractivity contribution in [3.63, 3.8) is 0 Å². The summed E-state index contributed by atoms with van der Waals surface area (Å²) in [6.07, 6.45) is -1.61. The van der Waals surface area contributed by atoms with E-state index in [0.29, 0.717) is 23.8 Å². The molecule has 298 valence electrons. The van der Waals surface area contributed by atoms with E-state index in [1.165, 1.54) is 6.07 Å². The molecule has 0 aromatic heterocycles. The lowest BCUT2D eigenvalue weighted by atomic mass is 9.99. The quantitative estimate of drug-likeness (QED) is 0.0770. The number of carboxylic acids is 1. The SMILES string of the molecule is CCOc1cc(C(=O)O)ccc1N(Cc1cc(C2CC2)cc(C2CC2)c1)C(=O)CN(Cc1c(F)cccc1C(F)(F)F)S(=O)(=O)c1c(F)c(F)c(F)c(F)c1Br. The molecule has 1 N–H and O–H groups in total. The summed E-state index contributed by atoms with van der Waals surface area (Å²) in [7, 11) is -5.87. The van der Waals surface area contributed by atoms with Crippen molar-refractivity contribution >= 4 is 43.5 Å². The minimum absolute atomic E-state index is 0.0515. The minimum atomic E-state index is -5.87. The summed E-state index contributed by atoms with van der Waals surface area (Å²) in [5.74, 6) is -13.5. The van der Waals surface area contributed by atoms with E-state index in [1.54, 1.807) is 6.92 Å². The molecule has 4 aromatic carbocycles. The molecule has 2 aliphatic carbocycles. The zero-order valence-electron chi connectivity index (χ0n) is 29.2. The van der Waals surface area contributed by atoms with Gasteiger partial charge in [0.05, 0.1) is 41.0 Å². The number of carboxylic acid groups (broad SMARTS) is 1. The van der Waals surface area contributed by atoms with E-state index >= 15 is 8.78 Å². The molecule has 4 aromatic rings. The van der Waals surface area contributed by atoms with E-state index in [0.717, 1.165) is 53.8 Å². The van der Waals surface area contributed by atoms with Crippen molar-refractivity contribution in [1.29, 1.82) is 0 Å². The molecule has 0 atom stereocenters. The van der Waals surface area contributed by atoms with Crippen LogP contribution in [0.1, 0.15) is 82.6 Å². The van der Waals surface area contributed by atoms with Crippen LogP contribution in [0.25, 0.3) is 0 Å². The number of aromatic carboxylic acids is 1. The first kappa shape index (κ1) is 41.1. The number of amides is 1. The zero-order chi connectivity index (χ0) is 40.9. The Balaban J connectivity index is 1.52. The third-order valence-corrected chi connectivity index (χ3v) is 12.3. The van der Waals surface area contributed by atoms with Crippen LogP contribution in [-0.2, 0) is 34.1 Å². The topological polar surface area (TPSA) is 104 Å².